The molecule has 0 radical (unpaired) electrons. The molecule has 0 amide bonds. The summed E-state index contributed by atoms with van der Waals surface area (Å²) in [7, 11) is 4.64. The minimum atomic E-state index is 0.131. The molecule has 5 heteroatoms. The summed E-state index contributed by atoms with van der Waals surface area (Å²) in [6.45, 7) is 0. The van der Waals surface area contributed by atoms with Crippen LogP contribution in [0.3, 0.4) is 0 Å². The Balaban J connectivity index is 2.34. The molecule has 0 aliphatic carbocycles. The zero-order chi connectivity index (χ0) is 11.1. The van der Waals surface area contributed by atoms with Gasteiger partial charge in [0.1, 0.15) is 4.32 Å². The maximum atomic E-state index is 11.6. The van der Waals surface area contributed by atoms with Gasteiger partial charge in [0.05, 0.1) is 5.75 Å². The number of hydrogen-bond acceptors (Lipinski definition) is 4. The van der Waals surface area contributed by atoms with Crippen molar-refractivity contribution in [1.82, 2.24) is 5.32 Å². The van der Waals surface area contributed by atoms with Crippen LogP contribution in [0.15, 0.2) is 30.3 Å². The van der Waals surface area contributed by atoms with E-state index in [0.717, 1.165) is 5.56 Å². The lowest BCUT2D eigenvalue weighted by Crippen LogP contribution is -2.10. The van der Waals surface area contributed by atoms with Crippen LogP contribution < -0.4 is 5.32 Å². The average molecular weight is 257 g/mol. The van der Waals surface area contributed by atoms with E-state index >= 15 is 0 Å². The smallest absolute Gasteiger partial charge is 0.173 e. The third kappa shape index (κ3) is 4.68. The molecule has 0 heterocycles. The standard InChI is InChI=1S/C10H11NOS3/c1-11-10(13)15-14-7-9(12)8-5-3-2-4-6-8/h2-6H,7H2,1H3,(H,11,13). The number of thiocarbonyl (C=S) groups is 1. The Morgan fingerprint density at radius 2 is 2.07 bits per heavy atom. The quantitative estimate of drug-likeness (QED) is 0.509. The molecule has 0 atom stereocenters. The first-order valence-electron chi connectivity index (χ1n) is 4.33. The van der Waals surface area contributed by atoms with Crippen LogP contribution in [-0.4, -0.2) is 22.9 Å². The molecule has 1 aromatic rings. The minimum absolute atomic E-state index is 0.131. The summed E-state index contributed by atoms with van der Waals surface area (Å²) in [5.74, 6) is 0.572. The van der Waals surface area contributed by atoms with E-state index in [1.165, 1.54) is 21.6 Å². The molecule has 0 aliphatic heterocycles. The van der Waals surface area contributed by atoms with E-state index in [1.54, 1.807) is 7.05 Å². The molecule has 2 nitrogen and oxygen atoms in total. The van der Waals surface area contributed by atoms with Crippen molar-refractivity contribution in [2.45, 2.75) is 0 Å². The molecule has 0 spiro atoms. The summed E-state index contributed by atoms with van der Waals surface area (Å²) < 4.78 is 0.695. The number of hydrogen-bond donors (Lipinski definition) is 1. The molecule has 1 aromatic carbocycles. The SMILES string of the molecule is CNC(=S)SSCC(=O)c1ccccc1. The maximum absolute atomic E-state index is 11.6. The molecule has 1 N–H and O–H groups in total. The topological polar surface area (TPSA) is 29.1 Å². The van der Waals surface area contributed by atoms with Gasteiger partial charge in [-0.2, -0.15) is 0 Å². The molecule has 0 bridgehead atoms. The second kappa shape index (κ2) is 6.87. The zero-order valence-electron chi connectivity index (χ0n) is 8.23. The van der Waals surface area contributed by atoms with E-state index < -0.39 is 0 Å². The fourth-order valence-corrected chi connectivity index (χ4v) is 2.91. The summed E-state index contributed by atoms with van der Waals surface area (Å²) in [5.41, 5.74) is 0.751. The summed E-state index contributed by atoms with van der Waals surface area (Å²) in [5, 5.41) is 2.84. The number of benzene rings is 1. The van der Waals surface area contributed by atoms with Crippen molar-refractivity contribution < 1.29 is 4.79 Å². The van der Waals surface area contributed by atoms with Crippen molar-refractivity contribution in [3.8, 4) is 0 Å². The number of carbonyl (C=O) groups excluding carboxylic acids is 1. The first-order valence-corrected chi connectivity index (χ1v) is 7.06. The lowest BCUT2D eigenvalue weighted by molar-refractivity contribution is 0.102. The average Bonchev–Trinajstić information content (AvgIpc) is 2.29. The van der Waals surface area contributed by atoms with Crippen molar-refractivity contribution in [2.75, 3.05) is 12.8 Å². The van der Waals surface area contributed by atoms with Gasteiger partial charge in [0.15, 0.2) is 5.78 Å². The van der Waals surface area contributed by atoms with Gasteiger partial charge in [-0.05, 0) is 10.8 Å². The van der Waals surface area contributed by atoms with Crippen LogP contribution in [0.25, 0.3) is 0 Å². The molecule has 0 aromatic heterocycles. The Labute approximate surface area is 103 Å². The van der Waals surface area contributed by atoms with Crippen molar-refractivity contribution in [3.63, 3.8) is 0 Å². The molecule has 0 aliphatic rings. The van der Waals surface area contributed by atoms with Gasteiger partial charge < -0.3 is 5.32 Å². The summed E-state index contributed by atoms with van der Waals surface area (Å²) in [4.78, 5) is 11.6. The Hall–Kier alpha value is -0.520. The van der Waals surface area contributed by atoms with Gasteiger partial charge in [0.2, 0.25) is 0 Å². The van der Waals surface area contributed by atoms with Crippen molar-refractivity contribution in [1.29, 1.82) is 0 Å². The number of Topliss-reactive ketones (excluding diaryl/α,β-unsaturated/α-hetero) is 1. The first kappa shape index (κ1) is 12.5. The van der Waals surface area contributed by atoms with Gasteiger partial charge in [-0.25, -0.2) is 0 Å². The molecule has 1 rings (SSSR count). The first-order chi connectivity index (χ1) is 7.24. The molecule has 0 saturated carbocycles. The highest BCUT2D eigenvalue weighted by molar-refractivity contribution is 8.83. The maximum Gasteiger partial charge on any atom is 0.173 e. The lowest BCUT2D eigenvalue weighted by Gasteiger charge is -2.01. The highest BCUT2D eigenvalue weighted by atomic mass is 33.1. The van der Waals surface area contributed by atoms with Crippen LogP contribution in [0.1, 0.15) is 10.4 Å². The second-order valence-electron chi connectivity index (χ2n) is 2.67. The van der Waals surface area contributed by atoms with E-state index in [2.05, 4.69) is 5.32 Å². The summed E-state index contributed by atoms with van der Waals surface area (Å²) in [6.07, 6.45) is 0. The summed E-state index contributed by atoms with van der Waals surface area (Å²) >= 11 is 4.94. The van der Waals surface area contributed by atoms with Gasteiger partial charge in [-0.3, -0.25) is 4.79 Å². The zero-order valence-corrected chi connectivity index (χ0v) is 10.7. The largest absolute Gasteiger partial charge is 0.373 e. The summed E-state index contributed by atoms with van der Waals surface area (Å²) in [6, 6.07) is 9.27. The fourth-order valence-electron chi connectivity index (χ4n) is 0.886. The normalized spacial score (nSPS) is 9.67. The molecule has 0 unspecified atom stereocenters. The minimum Gasteiger partial charge on any atom is -0.373 e. The monoisotopic (exact) mass is 257 g/mol. The van der Waals surface area contributed by atoms with Crippen LogP contribution in [0, 0.1) is 0 Å². The Morgan fingerprint density at radius 3 is 2.67 bits per heavy atom. The Kier molecular flexibility index (Phi) is 5.75. The highest BCUT2D eigenvalue weighted by Gasteiger charge is 2.05. The van der Waals surface area contributed by atoms with Crippen LogP contribution in [0.5, 0.6) is 0 Å². The van der Waals surface area contributed by atoms with Gasteiger partial charge in [0.25, 0.3) is 0 Å². The van der Waals surface area contributed by atoms with Crippen LogP contribution in [-0.2, 0) is 0 Å². The molecule has 0 saturated heterocycles. The van der Waals surface area contributed by atoms with Crippen molar-refractivity contribution in [2.24, 2.45) is 0 Å². The van der Waals surface area contributed by atoms with E-state index in [0.29, 0.717) is 10.1 Å². The Morgan fingerprint density at radius 1 is 1.40 bits per heavy atom. The fraction of sp³-hybridized carbons (Fsp3) is 0.200. The van der Waals surface area contributed by atoms with E-state index in [-0.39, 0.29) is 5.78 Å². The highest BCUT2D eigenvalue weighted by Crippen LogP contribution is 2.22. The molecule has 0 fully saturated rings. The second-order valence-corrected chi connectivity index (χ2v) is 5.65. The lowest BCUT2D eigenvalue weighted by atomic mass is 10.2. The van der Waals surface area contributed by atoms with Crippen LogP contribution in [0.2, 0.25) is 0 Å². The van der Waals surface area contributed by atoms with Crippen LogP contribution in [0.4, 0.5) is 0 Å². The molecule has 80 valence electrons. The number of ketones is 1. The van der Waals surface area contributed by atoms with Crippen LogP contribution >= 0.6 is 33.8 Å². The number of nitrogens with one attached hydrogen (secondary N) is 1. The predicted octanol–water partition coefficient (Wildman–Crippen LogP) is 2.76. The predicted molar refractivity (Wildman–Crippen MR) is 72.5 cm³/mol. The van der Waals surface area contributed by atoms with Crippen molar-refractivity contribution >= 4 is 43.9 Å². The third-order valence-electron chi connectivity index (χ3n) is 1.62. The number of carbonyl (C=O) groups is 1. The number of rotatable bonds is 4. The van der Waals surface area contributed by atoms with E-state index in [4.69, 9.17) is 12.2 Å². The van der Waals surface area contributed by atoms with Gasteiger partial charge >= 0.3 is 0 Å². The van der Waals surface area contributed by atoms with E-state index in [9.17, 15) is 4.79 Å². The molecular weight excluding hydrogens is 246 g/mol. The van der Waals surface area contributed by atoms with Gasteiger partial charge in [-0.1, -0.05) is 53.3 Å². The third-order valence-corrected chi connectivity index (χ3v) is 4.46. The van der Waals surface area contributed by atoms with Gasteiger partial charge in [0, 0.05) is 12.6 Å². The van der Waals surface area contributed by atoms with E-state index in [1.807, 2.05) is 30.3 Å². The van der Waals surface area contributed by atoms with Gasteiger partial charge in [-0.15, -0.1) is 0 Å². The Bertz CT molecular complexity index is 340. The molecular formula is C10H11NOS3. The molecule has 15 heavy (non-hydrogen) atoms. The van der Waals surface area contributed by atoms with Crippen molar-refractivity contribution in [3.05, 3.63) is 35.9 Å².